The predicted molar refractivity (Wildman–Crippen MR) is 79.4 cm³/mol. The molecule has 0 spiro atoms. The van der Waals surface area contributed by atoms with Gasteiger partial charge in [0.2, 0.25) is 5.91 Å². The highest BCUT2D eigenvalue weighted by molar-refractivity contribution is 5.92. The first-order valence-electron chi connectivity index (χ1n) is 6.70. The van der Waals surface area contributed by atoms with Crippen LogP contribution >= 0.6 is 0 Å². The lowest BCUT2D eigenvalue weighted by Crippen LogP contribution is -2.34. The molecule has 0 aliphatic carbocycles. The van der Waals surface area contributed by atoms with Gasteiger partial charge in [0.05, 0.1) is 6.42 Å². The number of carbonyl (C=O) groups excluding carboxylic acids is 1. The number of nitrogens with one attached hydrogen (secondary N) is 1. The molecule has 0 aromatic heterocycles. The maximum absolute atomic E-state index is 11.8. The number of hydrogen-bond donors (Lipinski definition) is 2. The standard InChI is InChI=1S/C16H21NO3/c1-4-14(10-16(19)20)17-15(18)8-7-13-6-5-11(2)9-12(13)3/h5-9,14H,4,10H2,1-3H3,(H,17,18)(H,19,20)/b8-7+. The summed E-state index contributed by atoms with van der Waals surface area (Å²) in [5.41, 5.74) is 3.26. The zero-order valence-electron chi connectivity index (χ0n) is 12.1. The first kappa shape index (κ1) is 16.0. The highest BCUT2D eigenvalue weighted by Gasteiger charge is 2.12. The van der Waals surface area contributed by atoms with Crippen LogP contribution in [0.1, 0.15) is 36.5 Å². The number of rotatable bonds is 6. The van der Waals surface area contributed by atoms with E-state index in [9.17, 15) is 9.59 Å². The van der Waals surface area contributed by atoms with E-state index in [-0.39, 0.29) is 18.4 Å². The Bertz CT molecular complexity index is 520. The average molecular weight is 275 g/mol. The lowest BCUT2D eigenvalue weighted by molar-refractivity contribution is -0.137. The molecule has 0 radical (unpaired) electrons. The van der Waals surface area contributed by atoms with Crippen molar-refractivity contribution in [2.24, 2.45) is 0 Å². The Morgan fingerprint density at radius 3 is 2.60 bits per heavy atom. The van der Waals surface area contributed by atoms with Crippen LogP contribution in [0.25, 0.3) is 6.08 Å². The van der Waals surface area contributed by atoms with Gasteiger partial charge in [-0.2, -0.15) is 0 Å². The molecule has 0 bridgehead atoms. The number of amides is 1. The molecule has 0 aliphatic rings. The zero-order chi connectivity index (χ0) is 15.1. The Kier molecular flexibility index (Phi) is 5.97. The molecule has 0 heterocycles. The quantitative estimate of drug-likeness (QED) is 0.784. The van der Waals surface area contributed by atoms with E-state index in [0.717, 1.165) is 11.1 Å². The number of aliphatic carboxylic acids is 1. The Balaban J connectivity index is 2.65. The van der Waals surface area contributed by atoms with Gasteiger partial charge < -0.3 is 10.4 Å². The van der Waals surface area contributed by atoms with Crippen molar-refractivity contribution in [1.29, 1.82) is 0 Å². The fourth-order valence-electron chi connectivity index (χ4n) is 1.94. The van der Waals surface area contributed by atoms with Crippen LogP contribution in [-0.4, -0.2) is 23.0 Å². The molecule has 1 aromatic rings. The molecule has 1 rings (SSSR count). The van der Waals surface area contributed by atoms with E-state index in [1.54, 1.807) is 6.08 Å². The second-order valence-corrected chi connectivity index (χ2v) is 4.90. The normalized spacial score (nSPS) is 12.3. The molecule has 2 N–H and O–H groups in total. The molecule has 1 unspecified atom stereocenters. The highest BCUT2D eigenvalue weighted by Crippen LogP contribution is 2.12. The van der Waals surface area contributed by atoms with Gasteiger partial charge in [0.25, 0.3) is 0 Å². The third kappa shape index (κ3) is 5.26. The van der Waals surface area contributed by atoms with Gasteiger partial charge in [-0.25, -0.2) is 0 Å². The number of benzene rings is 1. The maximum Gasteiger partial charge on any atom is 0.305 e. The molecule has 0 fully saturated rings. The van der Waals surface area contributed by atoms with Crippen LogP contribution in [0.4, 0.5) is 0 Å². The second-order valence-electron chi connectivity index (χ2n) is 4.90. The van der Waals surface area contributed by atoms with Gasteiger partial charge in [0.15, 0.2) is 0 Å². The Labute approximate surface area is 119 Å². The summed E-state index contributed by atoms with van der Waals surface area (Å²) < 4.78 is 0. The summed E-state index contributed by atoms with van der Waals surface area (Å²) in [5, 5.41) is 11.4. The van der Waals surface area contributed by atoms with Crippen LogP contribution < -0.4 is 5.32 Å². The molecule has 0 saturated carbocycles. The fourth-order valence-corrected chi connectivity index (χ4v) is 1.94. The van der Waals surface area contributed by atoms with E-state index in [4.69, 9.17) is 5.11 Å². The SMILES string of the molecule is CCC(CC(=O)O)NC(=O)/C=C/c1ccc(C)cc1C. The van der Waals surface area contributed by atoms with Gasteiger partial charge in [-0.15, -0.1) is 0 Å². The monoisotopic (exact) mass is 275 g/mol. The van der Waals surface area contributed by atoms with Crippen molar-refractivity contribution in [3.63, 3.8) is 0 Å². The largest absolute Gasteiger partial charge is 0.481 e. The molecular weight excluding hydrogens is 254 g/mol. The van der Waals surface area contributed by atoms with Crippen molar-refractivity contribution in [2.45, 2.75) is 39.7 Å². The number of carboxylic acid groups (broad SMARTS) is 1. The van der Waals surface area contributed by atoms with Crippen molar-refractivity contribution in [1.82, 2.24) is 5.32 Å². The Morgan fingerprint density at radius 1 is 1.35 bits per heavy atom. The second kappa shape index (κ2) is 7.48. The average Bonchev–Trinajstić information content (AvgIpc) is 2.36. The Morgan fingerprint density at radius 2 is 2.05 bits per heavy atom. The molecule has 0 saturated heterocycles. The van der Waals surface area contributed by atoms with Crippen LogP contribution in [0.5, 0.6) is 0 Å². The third-order valence-electron chi connectivity index (χ3n) is 3.10. The van der Waals surface area contributed by atoms with E-state index in [2.05, 4.69) is 11.4 Å². The minimum Gasteiger partial charge on any atom is -0.481 e. The lowest BCUT2D eigenvalue weighted by Gasteiger charge is -2.13. The molecule has 0 aliphatic heterocycles. The summed E-state index contributed by atoms with van der Waals surface area (Å²) in [6.07, 6.45) is 3.73. The Hall–Kier alpha value is -2.10. The first-order valence-corrected chi connectivity index (χ1v) is 6.70. The summed E-state index contributed by atoms with van der Waals surface area (Å²) in [6.45, 7) is 5.86. The summed E-state index contributed by atoms with van der Waals surface area (Å²) in [7, 11) is 0. The fraction of sp³-hybridized carbons (Fsp3) is 0.375. The van der Waals surface area contributed by atoms with Crippen molar-refractivity contribution >= 4 is 18.0 Å². The van der Waals surface area contributed by atoms with E-state index in [0.29, 0.717) is 6.42 Å². The van der Waals surface area contributed by atoms with Crippen LogP contribution in [0.15, 0.2) is 24.3 Å². The van der Waals surface area contributed by atoms with Crippen molar-refractivity contribution in [3.05, 3.63) is 41.0 Å². The van der Waals surface area contributed by atoms with E-state index < -0.39 is 5.97 Å². The minimum absolute atomic E-state index is 0.0559. The molecule has 1 aromatic carbocycles. The van der Waals surface area contributed by atoms with E-state index >= 15 is 0 Å². The summed E-state index contributed by atoms with van der Waals surface area (Å²) >= 11 is 0. The first-order chi connectivity index (χ1) is 9.42. The topological polar surface area (TPSA) is 66.4 Å². The molecule has 1 atom stereocenters. The summed E-state index contributed by atoms with van der Waals surface area (Å²) in [4.78, 5) is 22.4. The van der Waals surface area contributed by atoms with Gasteiger partial charge in [-0.1, -0.05) is 30.7 Å². The van der Waals surface area contributed by atoms with Crippen LogP contribution in [0, 0.1) is 13.8 Å². The summed E-state index contributed by atoms with van der Waals surface area (Å²) in [6, 6.07) is 5.67. The number of hydrogen-bond acceptors (Lipinski definition) is 2. The van der Waals surface area contributed by atoms with Gasteiger partial charge in [0, 0.05) is 12.1 Å². The predicted octanol–water partition coefficient (Wildman–Crippen LogP) is 2.69. The van der Waals surface area contributed by atoms with Gasteiger partial charge in [0.1, 0.15) is 0 Å². The van der Waals surface area contributed by atoms with E-state index in [1.165, 1.54) is 11.6 Å². The number of carbonyl (C=O) groups is 2. The van der Waals surface area contributed by atoms with Crippen LogP contribution in [-0.2, 0) is 9.59 Å². The maximum atomic E-state index is 11.8. The minimum atomic E-state index is -0.907. The van der Waals surface area contributed by atoms with Crippen molar-refractivity contribution < 1.29 is 14.7 Å². The highest BCUT2D eigenvalue weighted by atomic mass is 16.4. The lowest BCUT2D eigenvalue weighted by atomic mass is 10.1. The molecule has 4 heteroatoms. The van der Waals surface area contributed by atoms with Gasteiger partial charge in [-0.05, 0) is 37.5 Å². The third-order valence-corrected chi connectivity index (χ3v) is 3.10. The molecule has 20 heavy (non-hydrogen) atoms. The van der Waals surface area contributed by atoms with Crippen molar-refractivity contribution in [3.8, 4) is 0 Å². The smallest absolute Gasteiger partial charge is 0.305 e. The molecule has 4 nitrogen and oxygen atoms in total. The van der Waals surface area contributed by atoms with Gasteiger partial charge >= 0.3 is 5.97 Å². The number of aryl methyl sites for hydroxylation is 2. The van der Waals surface area contributed by atoms with Gasteiger partial charge in [-0.3, -0.25) is 9.59 Å². The zero-order valence-corrected chi connectivity index (χ0v) is 12.1. The van der Waals surface area contributed by atoms with Crippen LogP contribution in [0.3, 0.4) is 0 Å². The van der Waals surface area contributed by atoms with Crippen molar-refractivity contribution in [2.75, 3.05) is 0 Å². The molecule has 108 valence electrons. The summed E-state index contributed by atoms with van der Waals surface area (Å²) in [5.74, 6) is -1.17. The number of carboxylic acids is 1. The van der Waals surface area contributed by atoms with E-state index in [1.807, 2.05) is 32.9 Å². The molecule has 1 amide bonds. The molecular formula is C16H21NO3. The van der Waals surface area contributed by atoms with Crippen LogP contribution in [0.2, 0.25) is 0 Å².